The number of hydrogen-bond acceptors (Lipinski definition) is 22. The molecule has 0 aliphatic carbocycles. The number of hydrogen-bond donors (Lipinski definition) is 16. The van der Waals surface area contributed by atoms with Crippen LogP contribution in [-0.4, -0.2) is 203 Å². The number of aromatic nitrogens is 4. The van der Waals surface area contributed by atoms with Gasteiger partial charge in [0, 0.05) is 44.3 Å². The Balaban J connectivity index is 1.15. The highest BCUT2D eigenvalue weighted by atomic mass is 19.4. The fraction of sp³-hybridized carbons (Fsp3) is 0.344. The Labute approximate surface area is 526 Å². The first-order chi connectivity index (χ1) is 44.7. The van der Waals surface area contributed by atoms with Crippen molar-refractivity contribution in [1.82, 2.24) is 19.9 Å². The molecule has 0 radical (unpaired) electrons. The lowest BCUT2D eigenvalue weighted by Crippen LogP contribution is -2.60. The molecule has 498 valence electrons. The van der Waals surface area contributed by atoms with E-state index in [0.717, 1.165) is 0 Å². The number of benzene rings is 4. The van der Waals surface area contributed by atoms with Crippen molar-refractivity contribution < 1.29 is 126 Å². The van der Waals surface area contributed by atoms with Crippen molar-refractivity contribution in [2.45, 2.75) is 117 Å². The van der Waals surface area contributed by atoms with Gasteiger partial charge in [-0.15, -0.1) is 0 Å². The van der Waals surface area contributed by atoms with Crippen LogP contribution in [0.5, 0.6) is 17.2 Å². The van der Waals surface area contributed by atoms with Crippen LogP contribution in [-0.2, 0) is 26.6 Å². The molecule has 12 rings (SSSR count). The molecule has 8 heterocycles. The average Bonchev–Trinajstić information content (AvgIpc) is 1.60. The summed E-state index contributed by atoms with van der Waals surface area (Å²) >= 11 is 0. The number of aliphatic hydroxyl groups is 14. The quantitative estimate of drug-likeness (QED) is 0.0735. The van der Waals surface area contributed by atoms with E-state index in [9.17, 15) is 97.8 Å². The standard InChI is InChI=1S/C64H60F6N4O20/c65-63(66,67)29-16-28(17-30(21-29)64(68,69)70)46-39-15-13-37(73-39)44(26-5-2-8-32(19-26)90-61-58(87)55(84)50(79)41(23-76)93-61)35-11-10-34(71-35)43(25-4-1-7-31(18-25)89-60-57(86)54(83)49(78)40(22-75)92-60)36-12-14-38(72-36)45(47-52(81)53(82)48(46)74-47)27-6-3-9-33(20-27)91-62-59(88)56(85)51(80)42(24-77)94-62/h1-21,40-42,49-62,72-73,75-88H,22-24H2/t40?,41?,42?,49-,50-,51-,52-,53+,54+,55+,56+,57?,58?,59?,60+,61+,62+/m1/s1. The van der Waals surface area contributed by atoms with E-state index in [0.29, 0.717) is 17.7 Å². The Morgan fingerprint density at radius 3 is 1.02 bits per heavy atom. The molecule has 3 fully saturated rings. The molecule has 3 aromatic heterocycles. The van der Waals surface area contributed by atoms with Gasteiger partial charge in [-0.25, -0.2) is 4.98 Å². The highest BCUT2D eigenvalue weighted by Crippen LogP contribution is 2.48. The molecule has 30 heteroatoms. The average molecular weight is 1320 g/mol. The molecule has 24 nitrogen and oxygen atoms in total. The maximum absolute atomic E-state index is 14.9. The van der Waals surface area contributed by atoms with Crippen LogP contribution >= 0.6 is 0 Å². The topological polar surface area (TPSA) is 396 Å². The summed E-state index contributed by atoms with van der Waals surface area (Å²) in [6.45, 7) is -2.37. The third kappa shape index (κ3) is 12.5. The minimum atomic E-state index is -5.39. The molecule has 7 aromatic rings. The lowest BCUT2D eigenvalue weighted by molar-refractivity contribution is -0.277. The smallest absolute Gasteiger partial charge is 0.416 e. The number of rotatable bonds is 13. The molecule has 5 aliphatic rings. The number of nitrogens with zero attached hydrogens (tertiary/aromatic N) is 2. The van der Waals surface area contributed by atoms with Crippen molar-refractivity contribution >= 4 is 34.2 Å². The van der Waals surface area contributed by atoms with Crippen molar-refractivity contribution in [1.29, 1.82) is 0 Å². The highest BCUT2D eigenvalue weighted by molar-refractivity contribution is 5.98. The van der Waals surface area contributed by atoms with Crippen LogP contribution in [0.25, 0.3) is 78.7 Å². The molecule has 4 aromatic carbocycles. The number of H-pyrrole nitrogens is 2. The second kappa shape index (κ2) is 26.0. The molecule has 8 bridgehead atoms. The van der Waals surface area contributed by atoms with Crippen LogP contribution in [0.15, 0.2) is 115 Å². The van der Waals surface area contributed by atoms with E-state index in [2.05, 4.69) is 9.97 Å². The van der Waals surface area contributed by atoms with Gasteiger partial charge in [0.05, 0.1) is 53.7 Å². The number of aromatic amines is 2. The van der Waals surface area contributed by atoms with Gasteiger partial charge in [0.1, 0.15) is 103 Å². The van der Waals surface area contributed by atoms with Crippen molar-refractivity contribution in [3.8, 4) is 61.8 Å². The van der Waals surface area contributed by atoms with Gasteiger partial charge in [0.15, 0.2) is 0 Å². The molecular formula is C64H60F6N4O20. The molecule has 94 heavy (non-hydrogen) atoms. The summed E-state index contributed by atoms with van der Waals surface area (Å²) in [5.74, 6) is -0.186. The van der Waals surface area contributed by atoms with E-state index in [-0.39, 0.29) is 84.6 Å². The predicted molar refractivity (Wildman–Crippen MR) is 315 cm³/mol. The minimum absolute atomic E-state index is 0.00143. The van der Waals surface area contributed by atoms with Gasteiger partial charge in [-0.1, -0.05) is 36.4 Å². The normalized spacial score (nSPS) is 28.9. The first-order valence-corrected chi connectivity index (χ1v) is 29.1. The minimum Gasteiger partial charge on any atom is -0.462 e. The Hall–Kier alpha value is -7.96. The molecule has 3 saturated heterocycles. The van der Waals surface area contributed by atoms with Crippen LogP contribution in [0.2, 0.25) is 0 Å². The van der Waals surface area contributed by atoms with Gasteiger partial charge >= 0.3 is 12.4 Å². The Kier molecular flexibility index (Phi) is 18.3. The fourth-order valence-electron chi connectivity index (χ4n) is 11.9. The van der Waals surface area contributed by atoms with Crippen LogP contribution in [0.4, 0.5) is 26.3 Å². The zero-order valence-electron chi connectivity index (χ0n) is 48.4. The summed E-state index contributed by atoms with van der Waals surface area (Å²) in [5, 5.41) is 151. The van der Waals surface area contributed by atoms with Crippen LogP contribution < -0.4 is 14.2 Å². The number of nitrogens with one attached hydrogen (secondary N) is 2. The third-order valence-corrected chi connectivity index (χ3v) is 16.8. The van der Waals surface area contributed by atoms with Gasteiger partial charge < -0.3 is 110 Å². The van der Waals surface area contributed by atoms with Crippen molar-refractivity contribution in [3.63, 3.8) is 0 Å². The Morgan fingerprint density at radius 1 is 0.372 bits per heavy atom. The SMILES string of the molecule is OCC1O[C@H](Oc2cccc(-c3c4nc(c(-c5cccc(O[C@H]6OC(CO)[C@@H](O)[C@H](O)C6O)c5)c5ccc([nH]5)c(-c5cc(C(F)(F)F)cc(C(F)(F)F)c5)c5nc(c(-c6cccc(O[C@H]7OC(CO)[C@@H](O)[C@H](O)C7O)c6)c6ccc3[nH]6)[C@@H](O)[C@H]5O)C=C4)c2)C(O)[C@@H](O)[C@@H]1O. The third-order valence-electron chi connectivity index (χ3n) is 16.8. The number of halogens is 6. The second-order valence-corrected chi connectivity index (χ2v) is 22.9. The highest BCUT2D eigenvalue weighted by Gasteiger charge is 2.48. The monoisotopic (exact) mass is 1320 g/mol. The summed E-state index contributed by atoms with van der Waals surface area (Å²) in [4.78, 5) is 16.3. The van der Waals surface area contributed by atoms with Crippen LogP contribution in [0, 0.1) is 0 Å². The molecule has 16 N–H and O–H groups in total. The van der Waals surface area contributed by atoms with E-state index in [4.69, 9.17) is 38.4 Å². The maximum Gasteiger partial charge on any atom is 0.416 e. The Morgan fingerprint density at radius 2 is 0.691 bits per heavy atom. The lowest BCUT2D eigenvalue weighted by Gasteiger charge is -2.39. The molecule has 0 spiro atoms. The van der Waals surface area contributed by atoms with Gasteiger partial charge in [-0.2, -0.15) is 26.3 Å². The first-order valence-electron chi connectivity index (χ1n) is 29.1. The summed E-state index contributed by atoms with van der Waals surface area (Å²) in [6, 6.07) is 24.1. The summed E-state index contributed by atoms with van der Waals surface area (Å²) in [7, 11) is 0. The summed E-state index contributed by atoms with van der Waals surface area (Å²) in [5.41, 5.74) is -4.79. The number of ether oxygens (including phenoxy) is 6. The zero-order valence-corrected chi connectivity index (χ0v) is 48.4. The number of alkyl halides is 6. The van der Waals surface area contributed by atoms with E-state index >= 15 is 0 Å². The van der Waals surface area contributed by atoms with E-state index in [1.54, 1.807) is 36.4 Å². The maximum atomic E-state index is 14.9. The van der Waals surface area contributed by atoms with E-state index < -0.39 is 170 Å². The van der Waals surface area contributed by atoms with Gasteiger partial charge in [0.25, 0.3) is 0 Å². The molecular weight excluding hydrogens is 1260 g/mol. The molecule has 17 atom stereocenters. The lowest BCUT2D eigenvalue weighted by atomic mass is 9.95. The number of aliphatic hydroxyl groups excluding tert-OH is 14. The van der Waals surface area contributed by atoms with Crippen LogP contribution in [0.3, 0.4) is 0 Å². The van der Waals surface area contributed by atoms with Gasteiger partial charge in [0.2, 0.25) is 18.9 Å². The van der Waals surface area contributed by atoms with Crippen LogP contribution in [0.1, 0.15) is 46.1 Å². The zero-order chi connectivity index (χ0) is 67.0. The molecule has 0 saturated carbocycles. The largest absolute Gasteiger partial charge is 0.462 e. The molecule has 5 aliphatic heterocycles. The second-order valence-electron chi connectivity index (χ2n) is 22.9. The van der Waals surface area contributed by atoms with Gasteiger partial charge in [-0.3, -0.25) is 4.98 Å². The van der Waals surface area contributed by atoms with E-state index in [1.165, 1.54) is 72.8 Å². The van der Waals surface area contributed by atoms with Crippen molar-refractivity contribution in [2.24, 2.45) is 0 Å². The summed E-state index contributed by atoms with van der Waals surface area (Å²) in [6.07, 6.45) is -37.6. The predicted octanol–water partition coefficient (Wildman–Crippen LogP) is 3.49. The first kappa shape index (κ1) is 66.1. The van der Waals surface area contributed by atoms with Gasteiger partial charge in [-0.05, 0) is 113 Å². The molecule has 0 amide bonds. The summed E-state index contributed by atoms with van der Waals surface area (Å²) < 4.78 is 124. The Bertz CT molecular complexity index is 4130. The number of fused-ring (bicyclic) bond motifs is 8. The van der Waals surface area contributed by atoms with Crippen molar-refractivity contribution in [2.75, 3.05) is 19.8 Å². The molecule has 6 unspecified atom stereocenters. The van der Waals surface area contributed by atoms with E-state index in [1.807, 2.05) is 0 Å². The fourth-order valence-corrected chi connectivity index (χ4v) is 11.9. The van der Waals surface area contributed by atoms with Crippen molar-refractivity contribution in [3.05, 3.63) is 149 Å².